The van der Waals surface area contributed by atoms with Gasteiger partial charge in [-0.25, -0.2) is 0 Å². The van der Waals surface area contributed by atoms with E-state index in [0.29, 0.717) is 10.9 Å². The van der Waals surface area contributed by atoms with E-state index in [4.69, 9.17) is 16.7 Å². The molecule has 90 valence electrons. The summed E-state index contributed by atoms with van der Waals surface area (Å²) in [5.41, 5.74) is 0.613. The highest BCUT2D eigenvalue weighted by Crippen LogP contribution is 2.31. The molecule has 0 aliphatic carbocycles. The van der Waals surface area contributed by atoms with Crippen molar-refractivity contribution >= 4 is 11.6 Å². The minimum Gasteiger partial charge on any atom is -0.390 e. The topological polar surface area (TPSA) is 20.2 Å². The summed E-state index contributed by atoms with van der Waals surface area (Å²) in [6, 6.07) is 4.15. The molecule has 1 N–H and O–H groups in total. The lowest BCUT2D eigenvalue weighted by Gasteiger charge is -2.15. The fraction of sp³-hybridized carbons (Fsp3) is 0.500. The first-order valence-electron chi connectivity index (χ1n) is 5.14. The monoisotopic (exact) mass is 248 g/mol. The Bertz CT molecular complexity index is 364. The number of benzene rings is 1. The predicted octanol–water partition coefficient (Wildman–Crippen LogP) is 3.62. The van der Waals surface area contributed by atoms with E-state index in [1.165, 1.54) is 12.1 Å². The SMILES string of the molecule is CC(C)Cc1ccc(C(F)(F)CO)cc1Cl. The summed E-state index contributed by atoms with van der Waals surface area (Å²) in [5, 5.41) is 8.89. The highest BCUT2D eigenvalue weighted by Gasteiger charge is 2.30. The average Bonchev–Trinajstić information content (AvgIpc) is 2.20. The maximum absolute atomic E-state index is 13.2. The smallest absolute Gasteiger partial charge is 0.295 e. The van der Waals surface area contributed by atoms with Crippen LogP contribution in [0.15, 0.2) is 18.2 Å². The van der Waals surface area contributed by atoms with E-state index in [-0.39, 0.29) is 5.56 Å². The van der Waals surface area contributed by atoms with Gasteiger partial charge in [0.2, 0.25) is 0 Å². The molecule has 0 aliphatic rings. The fourth-order valence-electron chi connectivity index (χ4n) is 1.47. The van der Waals surface area contributed by atoms with Gasteiger partial charge in [0.15, 0.2) is 0 Å². The number of rotatable bonds is 4. The van der Waals surface area contributed by atoms with Gasteiger partial charge >= 0.3 is 0 Å². The lowest BCUT2D eigenvalue weighted by molar-refractivity contribution is -0.0556. The number of hydrogen-bond acceptors (Lipinski definition) is 1. The van der Waals surface area contributed by atoms with Crippen LogP contribution in [0.4, 0.5) is 8.78 Å². The first-order valence-corrected chi connectivity index (χ1v) is 5.52. The molecule has 1 nitrogen and oxygen atoms in total. The highest BCUT2D eigenvalue weighted by molar-refractivity contribution is 6.31. The Hall–Kier alpha value is -0.670. The van der Waals surface area contributed by atoms with Gasteiger partial charge in [0, 0.05) is 10.6 Å². The Morgan fingerprint density at radius 1 is 1.38 bits per heavy atom. The van der Waals surface area contributed by atoms with Crippen LogP contribution in [0.5, 0.6) is 0 Å². The first kappa shape index (κ1) is 13.4. The van der Waals surface area contributed by atoms with Gasteiger partial charge in [-0.15, -0.1) is 0 Å². The number of alkyl halides is 2. The molecule has 0 aliphatic heterocycles. The third-order valence-electron chi connectivity index (χ3n) is 2.30. The molecule has 0 atom stereocenters. The lowest BCUT2D eigenvalue weighted by Crippen LogP contribution is -2.18. The minimum absolute atomic E-state index is 0.243. The number of aliphatic hydroxyl groups is 1. The zero-order chi connectivity index (χ0) is 12.3. The maximum atomic E-state index is 13.2. The second-order valence-corrected chi connectivity index (χ2v) is 4.67. The van der Waals surface area contributed by atoms with Gasteiger partial charge in [-0.1, -0.05) is 37.6 Å². The molecular weight excluding hydrogens is 234 g/mol. The van der Waals surface area contributed by atoms with E-state index in [2.05, 4.69) is 0 Å². The third-order valence-corrected chi connectivity index (χ3v) is 2.65. The fourth-order valence-corrected chi connectivity index (χ4v) is 1.73. The molecule has 0 bridgehead atoms. The van der Waals surface area contributed by atoms with Crippen molar-refractivity contribution in [2.75, 3.05) is 6.61 Å². The minimum atomic E-state index is -3.22. The van der Waals surface area contributed by atoms with E-state index in [0.717, 1.165) is 12.0 Å². The summed E-state index contributed by atoms with van der Waals surface area (Å²) >= 11 is 5.92. The molecule has 0 unspecified atom stereocenters. The molecule has 0 saturated heterocycles. The summed E-state index contributed by atoms with van der Waals surface area (Å²) < 4.78 is 26.3. The molecule has 0 amide bonds. The molecule has 1 rings (SSSR count). The van der Waals surface area contributed by atoms with Crippen LogP contribution in [-0.4, -0.2) is 11.7 Å². The normalized spacial score (nSPS) is 12.2. The lowest BCUT2D eigenvalue weighted by atomic mass is 10.00. The summed E-state index contributed by atoms with van der Waals surface area (Å²) in [5.74, 6) is -2.80. The van der Waals surface area contributed by atoms with Crippen LogP contribution in [0.25, 0.3) is 0 Å². The second kappa shape index (κ2) is 5.11. The van der Waals surface area contributed by atoms with Crippen molar-refractivity contribution in [1.29, 1.82) is 0 Å². The van der Waals surface area contributed by atoms with Crippen molar-refractivity contribution in [2.45, 2.75) is 26.2 Å². The zero-order valence-electron chi connectivity index (χ0n) is 9.30. The molecule has 0 heterocycles. The molecule has 4 heteroatoms. The van der Waals surface area contributed by atoms with Crippen LogP contribution in [0.1, 0.15) is 25.0 Å². The van der Waals surface area contributed by atoms with E-state index in [1.54, 1.807) is 6.07 Å². The van der Waals surface area contributed by atoms with Crippen molar-refractivity contribution in [3.63, 3.8) is 0 Å². The Balaban J connectivity index is 2.99. The summed E-state index contributed by atoms with van der Waals surface area (Å²) in [7, 11) is 0. The van der Waals surface area contributed by atoms with E-state index >= 15 is 0 Å². The van der Waals surface area contributed by atoms with E-state index in [1.807, 2.05) is 13.8 Å². The van der Waals surface area contributed by atoms with Crippen molar-refractivity contribution in [1.82, 2.24) is 0 Å². The molecule has 1 aromatic rings. The van der Waals surface area contributed by atoms with Crippen LogP contribution in [0.2, 0.25) is 5.02 Å². The predicted molar refractivity (Wildman–Crippen MR) is 61.0 cm³/mol. The van der Waals surface area contributed by atoms with Gasteiger partial charge in [0.1, 0.15) is 6.61 Å². The molecule has 0 aromatic heterocycles. The average molecular weight is 249 g/mol. The molecule has 0 spiro atoms. The van der Waals surface area contributed by atoms with E-state index < -0.39 is 12.5 Å². The van der Waals surface area contributed by atoms with Crippen molar-refractivity contribution in [2.24, 2.45) is 5.92 Å². The zero-order valence-corrected chi connectivity index (χ0v) is 10.1. The number of hydrogen-bond donors (Lipinski definition) is 1. The summed E-state index contributed by atoms with van der Waals surface area (Å²) in [4.78, 5) is 0. The Morgan fingerprint density at radius 2 is 2.00 bits per heavy atom. The quantitative estimate of drug-likeness (QED) is 0.863. The van der Waals surface area contributed by atoms with Gasteiger partial charge in [0.25, 0.3) is 5.92 Å². The molecule has 0 fully saturated rings. The largest absolute Gasteiger partial charge is 0.390 e. The highest BCUT2D eigenvalue weighted by atomic mass is 35.5. The van der Waals surface area contributed by atoms with E-state index in [9.17, 15) is 8.78 Å². The Labute approximate surface area is 99.0 Å². The summed E-state index contributed by atoms with van der Waals surface area (Å²) in [6.07, 6.45) is 0.754. The van der Waals surface area contributed by atoms with Gasteiger partial charge in [-0.3, -0.25) is 0 Å². The maximum Gasteiger partial charge on any atom is 0.295 e. The van der Waals surface area contributed by atoms with Crippen LogP contribution in [-0.2, 0) is 12.3 Å². The van der Waals surface area contributed by atoms with Crippen LogP contribution < -0.4 is 0 Å². The number of aliphatic hydroxyl groups excluding tert-OH is 1. The third kappa shape index (κ3) is 3.16. The van der Waals surface area contributed by atoms with Crippen LogP contribution >= 0.6 is 11.6 Å². The van der Waals surface area contributed by atoms with Crippen LogP contribution in [0.3, 0.4) is 0 Å². The first-order chi connectivity index (χ1) is 7.36. The Morgan fingerprint density at radius 3 is 2.44 bits per heavy atom. The summed E-state index contributed by atoms with van der Waals surface area (Å²) in [6.45, 7) is 2.87. The molecule has 0 saturated carbocycles. The molecule has 16 heavy (non-hydrogen) atoms. The standard InChI is InChI=1S/C12H15ClF2O/c1-8(2)5-9-3-4-10(6-11(9)13)12(14,15)7-16/h3-4,6,8,16H,5,7H2,1-2H3. The van der Waals surface area contributed by atoms with Gasteiger partial charge in [-0.05, 0) is 24.0 Å². The van der Waals surface area contributed by atoms with Crippen molar-refractivity contribution in [3.8, 4) is 0 Å². The number of halogens is 3. The Kier molecular flexibility index (Phi) is 4.28. The van der Waals surface area contributed by atoms with Crippen molar-refractivity contribution < 1.29 is 13.9 Å². The molecule has 0 radical (unpaired) electrons. The molecular formula is C12H15ClF2O. The van der Waals surface area contributed by atoms with Gasteiger partial charge in [-0.2, -0.15) is 8.78 Å². The molecule has 1 aromatic carbocycles. The van der Waals surface area contributed by atoms with Crippen LogP contribution in [0, 0.1) is 5.92 Å². The second-order valence-electron chi connectivity index (χ2n) is 4.27. The van der Waals surface area contributed by atoms with Gasteiger partial charge in [0.05, 0.1) is 0 Å². The van der Waals surface area contributed by atoms with Gasteiger partial charge < -0.3 is 5.11 Å². The van der Waals surface area contributed by atoms with Crippen molar-refractivity contribution in [3.05, 3.63) is 34.3 Å².